The summed E-state index contributed by atoms with van der Waals surface area (Å²) in [6.45, 7) is 4.24. The Kier molecular flexibility index (Phi) is 6.18. The molecule has 0 bridgehead atoms. The number of amides is 1. The summed E-state index contributed by atoms with van der Waals surface area (Å²) < 4.78 is 1.61. The fourth-order valence-electron chi connectivity index (χ4n) is 3.93. The summed E-state index contributed by atoms with van der Waals surface area (Å²) in [5, 5.41) is 14.5. The molecule has 2 heterocycles. The van der Waals surface area contributed by atoms with Crippen LogP contribution < -0.4 is 5.32 Å². The number of nitrogens with zero attached hydrogens (tertiary/aromatic N) is 5. The first-order chi connectivity index (χ1) is 14.6. The number of aromatic nitrogens is 4. The predicted octanol–water partition coefficient (Wildman–Crippen LogP) is 3.50. The number of benzene rings is 2. The average Bonchev–Trinajstić information content (AvgIpc) is 3.20. The molecule has 156 valence electrons. The van der Waals surface area contributed by atoms with E-state index in [9.17, 15) is 4.79 Å². The molecule has 0 unspecified atom stereocenters. The molecule has 7 heteroatoms. The number of hydrogen-bond donors (Lipinski definition) is 1. The molecule has 1 aliphatic heterocycles. The van der Waals surface area contributed by atoms with Crippen molar-refractivity contribution in [2.24, 2.45) is 5.92 Å². The zero-order chi connectivity index (χ0) is 20.9. The fourth-order valence-corrected chi connectivity index (χ4v) is 3.93. The quantitative estimate of drug-likeness (QED) is 0.681. The van der Waals surface area contributed by atoms with Gasteiger partial charge >= 0.3 is 0 Å². The Morgan fingerprint density at radius 3 is 2.60 bits per heavy atom. The minimum Gasteiger partial charge on any atom is -0.322 e. The fraction of sp³-hybridized carbons (Fsp3) is 0.391. The molecule has 2 aromatic carbocycles. The lowest BCUT2D eigenvalue weighted by Crippen LogP contribution is -2.30. The second-order valence-electron chi connectivity index (χ2n) is 8.12. The average molecular weight is 405 g/mol. The molecule has 7 nitrogen and oxygen atoms in total. The smallest absolute Gasteiger partial charge is 0.255 e. The van der Waals surface area contributed by atoms with E-state index in [1.165, 1.54) is 37.9 Å². The Balaban J connectivity index is 1.34. The molecule has 1 aromatic heterocycles. The Morgan fingerprint density at radius 1 is 1.13 bits per heavy atom. The molecule has 30 heavy (non-hydrogen) atoms. The van der Waals surface area contributed by atoms with Crippen molar-refractivity contribution >= 4 is 11.6 Å². The Bertz CT molecular complexity index is 989. The van der Waals surface area contributed by atoms with Gasteiger partial charge in [-0.05, 0) is 105 Å². The lowest BCUT2D eigenvalue weighted by Gasteiger charge is -2.28. The molecule has 0 radical (unpaired) electrons. The van der Waals surface area contributed by atoms with E-state index in [2.05, 4.69) is 44.9 Å². The van der Waals surface area contributed by atoms with Crippen LogP contribution in [0.2, 0.25) is 0 Å². The van der Waals surface area contributed by atoms with E-state index in [0.29, 0.717) is 11.4 Å². The van der Waals surface area contributed by atoms with Gasteiger partial charge in [0.15, 0.2) is 5.82 Å². The number of piperidine rings is 1. The topological polar surface area (TPSA) is 75.9 Å². The standard InChI is InChI=1S/C23H28N6O/c1-17-25-26-27-29(17)22-5-3-4-20(16-22)23(30)24-21-10-8-18(9-11-21)6-7-19-12-14-28(2)15-13-19/h3-5,8-11,16,19H,6-7,12-15H2,1-2H3,(H,24,30). The summed E-state index contributed by atoms with van der Waals surface area (Å²) in [7, 11) is 2.20. The number of aryl methyl sites for hydroxylation is 2. The molecule has 1 aliphatic rings. The molecular formula is C23H28N6O. The van der Waals surface area contributed by atoms with Crippen LogP contribution in [0.3, 0.4) is 0 Å². The Labute approximate surface area is 177 Å². The highest BCUT2D eigenvalue weighted by Gasteiger charge is 2.16. The van der Waals surface area contributed by atoms with Gasteiger partial charge in [0.2, 0.25) is 0 Å². The number of carbonyl (C=O) groups excluding carboxylic acids is 1. The lowest BCUT2D eigenvalue weighted by molar-refractivity contribution is 0.102. The lowest BCUT2D eigenvalue weighted by atomic mass is 9.91. The molecule has 0 aliphatic carbocycles. The first kappa shape index (κ1) is 20.2. The zero-order valence-corrected chi connectivity index (χ0v) is 17.6. The molecular weight excluding hydrogens is 376 g/mol. The van der Waals surface area contributed by atoms with Gasteiger partial charge in [0.25, 0.3) is 5.91 Å². The predicted molar refractivity (Wildman–Crippen MR) is 117 cm³/mol. The van der Waals surface area contributed by atoms with Gasteiger partial charge in [-0.3, -0.25) is 4.79 Å². The molecule has 1 N–H and O–H groups in total. The van der Waals surface area contributed by atoms with E-state index >= 15 is 0 Å². The van der Waals surface area contributed by atoms with E-state index in [0.717, 1.165) is 23.7 Å². The van der Waals surface area contributed by atoms with Crippen molar-refractivity contribution in [3.63, 3.8) is 0 Å². The van der Waals surface area contributed by atoms with Gasteiger partial charge < -0.3 is 10.2 Å². The van der Waals surface area contributed by atoms with Crippen LogP contribution in [0.1, 0.15) is 41.0 Å². The zero-order valence-electron chi connectivity index (χ0n) is 17.6. The minimum absolute atomic E-state index is 0.151. The van der Waals surface area contributed by atoms with Gasteiger partial charge in [-0.1, -0.05) is 18.2 Å². The molecule has 0 spiro atoms. The molecule has 0 atom stereocenters. The highest BCUT2D eigenvalue weighted by molar-refractivity contribution is 6.04. The van der Waals surface area contributed by atoms with Crippen molar-refractivity contribution in [2.45, 2.75) is 32.6 Å². The first-order valence-electron chi connectivity index (χ1n) is 10.5. The monoisotopic (exact) mass is 404 g/mol. The minimum atomic E-state index is -0.151. The maximum absolute atomic E-state index is 12.7. The van der Waals surface area contributed by atoms with E-state index in [4.69, 9.17) is 0 Å². The van der Waals surface area contributed by atoms with Crippen molar-refractivity contribution in [1.29, 1.82) is 0 Å². The molecule has 1 amide bonds. The van der Waals surface area contributed by atoms with Crippen molar-refractivity contribution in [1.82, 2.24) is 25.1 Å². The van der Waals surface area contributed by atoms with Crippen LogP contribution in [0, 0.1) is 12.8 Å². The third-order valence-electron chi connectivity index (χ3n) is 5.87. The summed E-state index contributed by atoms with van der Waals surface area (Å²) in [6.07, 6.45) is 4.93. The number of anilines is 1. The van der Waals surface area contributed by atoms with Gasteiger partial charge in [0.05, 0.1) is 5.69 Å². The van der Waals surface area contributed by atoms with Crippen molar-refractivity contribution in [2.75, 3.05) is 25.5 Å². The van der Waals surface area contributed by atoms with Crippen LogP contribution in [0.15, 0.2) is 48.5 Å². The maximum atomic E-state index is 12.7. The van der Waals surface area contributed by atoms with Gasteiger partial charge in [0, 0.05) is 11.3 Å². The van der Waals surface area contributed by atoms with Gasteiger partial charge in [0.1, 0.15) is 0 Å². The molecule has 4 rings (SSSR count). The van der Waals surface area contributed by atoms with Crippen molar-refractivity contribution < 1.29 is 4.79 Å². The highest BCUT2D eigenvalue weighted by atomic mass is 16.1. The summed E-state index contributed by atoms with van der Waals surface area (Å²) in [6, 6.07) is 15.5. The second-order valence-corrected chi connectivity index (χ2v) is 8.12. The Morgan fingerprint density at radius 2 is 1.90 bits per heavy atom. The largest absolute Gasteiger partial charge is 0.322 e. The number of tetrazole rings is 1. The molecule has 1 saturated heterocycles. The third kappa shape index (κ3) is 4.91. The van der Waals surface area contributed by atoms with Crippen molar-refractivity contribution in [3.8, 4) is 5.69 Å². The molecule has 0 saturated carbocycles. The van der Waals surface area contributed by atoms with Crippen LogP contribution in [-0.4, -0.2) is 51.2 Å². The number of hydrogen-bond acceptors (Lipinski definition) is 5. The summed E-state index contributed by atoms with van der Waals surface area (Å²) >= 11 is 0. The summed E-state index contributed by atoms with van der Waals surface area (Å²) in [4.78, 5) is 15.1. The van der Waals surface area contributed by atoms with Gasteiger partial charge in [-0.2, -0.15) is 4.68 Å². The van der Waals surface area contributed by atoms with Crippen LogP contribution >= 0.6 is 0 Å². The van der Waals surface area contributed by atoms with E-state index in [-0.39, 0.29) is 5.91 Å². The Hall–Kier alpha value is -3.06. The first-order valence-corrected chi connectivity index (χ1v) is 10.5. The third-order valence-corrected chi connectivity index (χ3v) is 5.87. The normalized spacial score (nSPS) is 15.3. The summed E-state index contributed by atoms with van der Waals surface area (Å²) in [5.41, 5.74) is 3.44. The number of likely N-dealkylation sites (tertiary alicyclic amines) is 1. The van der Waals surface area contributed by atoms with Crippen LogP contribution in [0.25, 0.3) is 5.69 Å². The van der Waals surface area contributed by atoms with Crippen molar-refractivity contribution in [3.05, 3.63) is 65.5 Å². The molecule has 3 aromatic rings. The number of nitrogens with one attached hydrogen (secondary N) is 1. The summed E-state index contributed by atoms with van der Waals surface area (Å²) in [5.74, 6) is 1.35. The SMILES string of the molecule is Cc1nnnn1-c1cccc(C(=O)Nc2ccc(CCC3CCN(C)CC3)cc2)c1. The van der Waals surface area contributed by atoms with E-state index in [1.807, 2.05) is 31.2 Å². The molecule has 1 fully saturated rings. The maximum Gasteiger partial charge on any atom is 0.255 e. The second kappa shape index (κ2) is 9.17. The van der Waals surface area contributed by atoms with Crippen LogP contribution in [0.5, 0.6) is 0 Å². The van der Waals surface area contributed by atoms with Crippen LogP contribution in [0.4, 0.5) is 5.69 Å². The number of carbonyl (C=O) groups is 1. The van der Waals surface area contributed by atoms with E-state index in [1.54, 1.807) is 16.8 Å². The van der Waals surface area contributed by atoms with Gasteiger partial charge in [-0.15, -0.1) is 5.10 Å². The van der Waals surface area contributed by atoms with Crippen LogP contribution in [-0.2, 0) is 6.42 Å². The number of rotatable bonds is 6. The highest BCUT2D eigenvalue weighted by Crippen LogP contribution is 2.22. The van der Waals surface area contributed by atoms with E-state index < -0.39 is 0 Å². The van der Waals surface area contributed by atoms with Gasteiger partial charge in [-0.25, -0.2) is 0 Å².